The number of para-hydroxylation sites is 1. The normalized spacial score (nSPS) is 12.3. The number of hydrogen-bond donors (Lipinski definition) is 2. The van der Waals surface area contributed by atoms with E-state index < -0.39 is 6.36 Å². The maximum Gasteiger partial charge on any atom is 0.573 e. The lowest BCUT2D eigenvalue weighted by Crippen LogP contribution is -2.30. The predicted octanol–water partition coefficient (Wildman–Crippen LogP) is 3.94. The second-order valence-electron chi connectivity index (χ2n) is 5.50. The highest BCUT2D eigenvalue weighted by atomic mass is 19.4. The SMILES string of the molecule is NC(=NCc1ccc(OC(F)(F)F)cc1)NCc1cc2ccccc2o1. The molecule has 1 heterocycles. The molecule has 26 heavy (non-hydrogen) atoms. The molecule has 8 heteroatoms. The molecule has 0 saturated carbocycles. The molecule has 5 nitrogen and oxygen atoms in total. The molecular weight excluding hydrogens is 347 g/mol. The average Bonchev–Trinajstić information content (AvgIpc) is 3.01. The summed E-state index contributed by atoms with van der Waals surface area (Å²) in [5, 5.41) is 3.93. The third-order valence-electron chi connectivity index (χ3n) is 3.51. The molecule has 0 aliphatic carbocycles. The summed E-state index contributed by atoms with van der Waals surface area (Å²) < 4.78 is 45.8. The molecule has 0 aliphatic heterocycles. The van der Waals surface area contributed by atoms with E-state index in [0.29, 0.717) is 12.1 Å². The Morgan fingerprint density at radius 1 is 1.12 bits per heavy atom. The number of fused-ring (bicyclic) bond motifs is 1. The summed E-state index contributed by atoms with van der Waals surface area (Å²) in [6.45, 7) is 0.605. The van der Waals surface area contributed by atoms with Crippen LogP contribution in [0.3, 0.4) is 0 Å². The number of aliphatic imine (C=N–C) groups is 1. The lowest BCUT2D eigenvalue weighted by atomic mass is 10.2. The number of rotatable bonds is 5. The lowest BCUT2D eigenvalue weighted by molar-refractivity contribution is -0.274. The predicted molar refractivity (Wildman–Crippen MR) is 91.5 cm³/mol. The maximum absolute atomic E-state index is 12.1. The molecule has 3 rings (SSSR count). The van der Waals surface area contributed by atoms with Crippen LogP contribution in [-0.2, 0) is 13.1 Å². The number of halogens is 3. The zero-order valence-corrected chi connectivity index (χ0v) is 13.6. The van der Waals surface area contributed by atoms with E-state index in [-0.39, 0.29) is 18.3 Å². The number of furan rings is 1. The van der Waals surface area contributed by atoms with Crippen molar-refractivity contribution in [2.24, 2.45) is 10.7 Å². The molecule has 3 aromatic rings. The van der Waals surface area contributed by atoms with Gasteiger partial charge in [0, 0.05) is 5.39 Å². The molecule has 0 unspecified atom stereocenters. The molecule has 0 aliphatic rings. The number of hydrogen-bond acceptors (Lipinski definition) is 3. The summed E-state index contributed by atoms with van der Waals surface area (Å²) in [6, 6.07) is 15.0. The van der Waals surface area contributed by atoms with E-state index in [2.05, 4.69) is 15.0 Å². The number of guanidine groups is 1. The Morgan fingerprint density at radius 3 is 2.54 bits per heavy atom. The van der Waals surface area contributed by atoms with Gasteiger partial charge in [0.25, 0.3) is 0 Å². The molecule has 2 aromatic carbocycles. The van der Waals surface area contributed by atoms with Gasteiger partial charge in [0.2, 0.25) is 0 Å². The molecule has 0 saturated heterocycles. The Morgan fingerprint density at radius 2 is 1.85 bits per heavy atom. The number of ether oxygens (including phenoxy) is 1. The van der Waals surface area contributed by atoms with Crippen molar-refractivity contribution in [3.05, 3.63) is 65.9 Å². The van der Waals surface area contributed by atoms with E-state index in [0.717, 1.165) is 16.7 Å². The molecule has 3 N–H and O–H groups in total. The fraction of sp³-hybridized carbons (Fsp3) is 0.167. The highest BCUT2D eigenvalue weighted by molar-refractivity contribution is 5.79. The van der Waals surface area contributed by atoms with E-state index in [1.807, 2.05) is 30.3 Å². The van der Waals surface area contributed by atoms with Gasteiger partial charge in [0.15, 0.2) is 5.96 Å². The molecule has 0 atom stereocenters. The summed E-state index contributed by atoms with van der Waals surface area (Å²) in [5.41, 5.74) is 7.29. The number of nitrogens with zero attached hydrogens (tertiary/aromatic N) is 1. The third-order valence-corrected chi connectivity index (χ3v) is 3.51. The van der Waals surface area contributed by atoms with Gasteiger partial charge in [0.1, 0.15) is 17.1 Å². The first-order chi connectivity index (χ1) is 12.4. The first-order valence-corrected chi connectivity index (χ1v) is 7.75. The van der Waals surface area contributed by atoms with E-state index in [1.54, 1.807) is 0 Å². The quantitative estimate of drug-likeness (QED) is 0.532. The van der Waals surface area contributed by atoms with Crippen molar-refractivity contribution in [3.8, 4) is 5.75 Å². The molecule has 136 valence electrons. The zero-order chi connectivity index (χ0) is 18.6. The summed E-state index contributed by atoms with van der Waals surface area (Å²) in [4.78, 5) is 4.15. The first kappa shape index (κ1) is 17.7. The van der Waals surface area contributed by atoms with Crippen LogP contribution < -0.4 is 15.8 Å². The second-order valence-corrected chi connectivity index (χ2v) is 5.50. The minimum atomic E-state index is -4.70. The number of alkyl halides is 3. The van der Waals surface area contributed by atoms with Crippen LogP contribution >= 0.6 is 0 Å². The Hall–Kier alpha value is -3.16. The van der Waals surface area contributed by atoms with Crippen molar-refractivity contribution in [2.75, 3.05) is 0 Å². The van der Waals surface area contributed by atoms with Crippen molar-refractivity contribution < 1.29 is 22.3 Å². The van der Waals surface area contributed by atoms with Gasteiger partial charge in [-0.05, 0) is 29.8 Å². The number of benzene rings is 2. The van der Waals surface area contributed by atoms with Gasteiger partial charge < -0.3 is 20.2 Å². The summed E-state index contributed by atoms with van der Waals surface area (Å²) in [5.74, 6) is 0.653. The van der Waals surface area contributed by atoms with E-state index >= 15 is 0 Å². The first-order valence-electron chi connectivity index (χ1n) is 7.75. The van der Waals surface area contributed by atoms with Crippen molar-refractivity contribution in [3.63, 3.8) is 0 Å². The third kappa shape index (κ3) is 4.92. The minimum absolute atomic E-state index is 0.209. The largest absolute Gasteiger partial charge is 0.573 e. The molecule has 0 spiro atoms. The summed E-state index contributed by atoms with van der Waals surface area (Å²) in [6.07, 6.45) is -4.70. The van der Waals surface area contributed by atoms with Crippen molar-refractivity contribution >= 4 is 16.9 Å². The lowest BCUT2D eigenvalue weighted by Gasteiger charge is -2.09. The molecule has 0 bridgehead atoms. The average molecular weight is 363 g/mol. The summed E-state index contributed by atoms with van der Waals surface area (Å²) >= 11 is 0. The van der Waals surface area contributed by atoms with Crippen LogP contribution in [0.2, 0.25) is 0 Å². The van der Waals surface area contributed by atoms with Gasteiger partial charge in [-0.1, -0.05) is 30.3 Å². The van der Waals surface area contributed by atoms with Crippen LogP contribution in [0.5, 0.6) is 5.75 Å². The number of nitrogens with two attached hydrogens (primary N) is 1. The van der Waals surface area contributed by atoms with Crippen LogP contribution in [0.4, 0.5) is 13.2 Å². The minimum Gasteiger partial charge on any atom is -0.459 e. The Kier molecular flexibility index (Phi) is 5.01. The zero-order valence-electron chi connectivity index (χ0n) is 13.6. The highest BCUT2D eigenvalue weighted by Crippen LogP contribution is 2.23. The van der Waals surface area contributed by atoms with Gasteiger partial charge in [-0.3, -0.25) is 0 Å². The van der Waals surface area contributed by atoms with Crippen molar-refractivity contribution in [1.82, 2.24) is 5.32 Å². The van der Waals surface area contributed by atoms with Crippen molar-refractivity contribution in [1.29, 1.82) is 0 Å². The smallest absolute Gasteiger partial charge is 0.459 e. The fourth-order valence-corrected chi connectivity index (χ4v) is 2.33. The van der Waals surface area contributed by atoms with Gasteiger partial charge >= 0.3 is 6.36 Å². The molecule has 1 aromatic heterocycles. The molecule has 0 radical (unpaired) electrons. The van der Waals surface area contributed by atoms with Gasteiger partial charge in [-0.2, -0.15) is 0 Å². The van der Waals surface area contributed by atoms with Crippen LogP contribution in [0.15, 0.2) is 64.0 Å². The number of nitrogens with one attached hydrogen (secondary N) is 1. The maximum atomic E-state index is 12.1. The van der Waals surface area contributed by atoms with E-state index in [4.69, 9.17) is 10.2 Å². The topological polar surface area (TPSA) is 72.8 Å². The molecular formula is C18H16F3N3O2. The van der Waals surface area contributed by atoms with Crippen LogP contribution in [-0.4, -0.2) is 12.3 Å². The van der Waals surface area contributed by atoms with E-state index in [9.17, 15) is 13.2 Å². The summed E-state index contributed by atoms with van der Waals surface area (Å²) in [7, 11) is 0. The van der Waals surface area contributed by atoms with Crippen LogP contribution in [0, 0.1) is 0 Å². The standard InChI is InChI=1S/C18H16F3N3O2/c19-18(20,21)26-14-7-5-12(6-8-14)10-23-17(22)24-11-15-9-13-3-1-2-4-16(13)25-15/h1-9H,10-11H2,(H3,22,23,24). The van der Waals surface area contributed by atoms with Gasteiger partial charge in [-0.25, -0.2) is 4.99 Å². The Balaban J connectivity index is 1.53. The van der Waals surface area contributed by atoms with Crippen LogP contribution in [0.25, 0.3) is 11.0 Å². The fourth-order valence-electron chi connectivity index (χ4n) is 2.33. The Bertz CT molecular complexity index is 869. The monoisotopic (exact) mass is 363 g/mol. The molecule has 0 amide bonds. The second kappa shape index (κ2) is 7.38. The highest BCUT2D eigenvalue weighted by Gasteiger charge is 2.30. The van der Waals surface area contributed by atoms with Crippen molar-refractivity contribution in [2.45, 2.75) is 19.5 Å². The van der Waals surface area contributed by atoms with E-state index in [1.165, 1.54) is 24.3 Å². The van der Waals surface area contributed by atoms with Gasteiger partial charge in [-0.15, -0.1) is 13.2 Å². The van der Waals surface area contributed by atoms with Crippen LogP contribution in [0.1, 0.15) is 11.3 Å². The molecule has 0 fully saturated rings. The van der Waals surface area contributed by atoms with Gasteiger partial charge in [0.05, 0.1) is 13.1 Å². The Labute approximate surface area is 147 Å².